The lowest BCUT2D eigenvalue weighted by Crippen LogP contribution is -2.07. The van der Waals surface area contributed by atoms with Crippen LogP contribution < -0.4 is 0 Å². The molecule has 0 amide bonds. The molecular formula is C10H9Br2FO2. The number of hydrogen-bond acceptors (Lipinski definition) is 2. The van der Waals surface area contributed by atoms with E-state index < -0.39 is 0 Å². The average molecular weight is 340 g/mol. The van der Waals surface area contributed by atoms with Gasteiger partial charge in [-0.25, -0.2) is 4.39 Å². The van der Waals surface area contributed by atoms with Crippen LogP contribution in [0.2, 0.25) is 0 Å². The van der Waals surface area contributed by atoms with Crippen molar-refractivity contribution in [1.29, 1.82) is 0 Å². The molecule has 0 fully saturated rings. The molecule has 2 nitrogen and oxygen atoms in total. The van der Waals surface area contributed by atoms with Gasteiger partial charge in [0.25, 0.3) is 0 Å². The molecule has 82 valence electrons. The van der Waals surface area contributed by atoms with E-state index in [1.54, 1.807) is 6.07 Å². The van der Waals surface area contributed by atoms with E-state index in [0.717, 1.165) is 5.56 Å². The Labute approximate surface area is 104 Å². The topological polar surface area (TPSA) is 26.3 Å². The van der Waals surface area contributed by atoms with Gasteiger partial charge in [0.05, 0.1) is 18.0 Å². The zero-order valence-corrected chi connectivity index (χ0v) is 11.2. The standard InChI is InChI=1S/C10H9Br2FO2/c1-15-10(14)4-6-3-9(13)8(12)2-7(6)5-11/h2-3H,4-5H2,1H3. The van der Waals surface area contributed by atoms with Crippen LogP contribution in [0.5, 0.6) is 0 Å². The Hall–Kier alpha value is -0.420. The Bertz CT molecular complexity index is 380. The van der Waals surface area contributed by atoms with Gasteiger partial charge in [0.1, 0.15) is 5.82 Å². The summed E-state index contributed by atoms with van der Waals surface area (Å²) >= 11 is 6.38. The van der Waals surface area contributed by atoms with Gasteiger partial charge in [-0.05, 0) is 39.2 Å². The second-order valence-corrected chi connectivity index (χ2v) is 4.34. The van der Waals surface area contributed by atoms with Crippen LogP contribution in [0.1, 0.15) is 11.1 Å². The molecule has 0 spiro atoms. The maximum absolute atomic E-state index is 13.2. The van der Waals surface area contributed by atoms with Gasteiger partial charge in [-0.15, -0.1) is 0 Å². The largest absolute Gasteiger partial charge is 0.469 e. The van der Waals surface area contributed by atoms with Gasteiger partial charge < -0.3 is 4.74 Å². The molecule has 1 aromatic rings. The highest BCUT2D eigenvalue weighted by molar-refractivity contribution is 9.10. The molecule has 0 aliphatic rings. The molecule has 0 atom stereocenters. The highest BCUT2D eigenvalue weighted by Crippen LogP contribution is 2.23. The van der Waals surface area contributed by atoms with Gasteiger partial charge in [0.2, 0.25) is 0 Å². The molecule has 0 aliphatic heterocycles. The van der Waals surface area contributed by atoms with Crippen molar-refractivity contribution in [2.45, 2.75) is 11.8 Å². The van der Waals surface area contributed by atoms with Crippen molar-refractivity contribution in [3.05, 3.63) is 33.5 Å². The molecule has 0 unspecified atom stereocenters. The predicted molar refractivity (Wildman–Crippen MR) is 62.5 cm³/mol. The van der Waals surface area contributed by atoms with Crippen molar-refractivity contribution in [3.8, 4) is 0 Å². The molecule has 0 saturated carbocycles. The van der Waals surface area contributed by atoms with Gasteiger partial charge in [-0.2, -0.15) is 0 Å². The average Bonchev–Trinajstić information content (AvgIpc) is 2.22. The minimum atomic E-state index is -0.376. The quantitative estimate of drug-likeness (QED) is 0.624. The smallest absolute Gasteiger partial charge is 0.309 e. The van der Waals surface area contributed by atoms with E-state index in [-0.39, 0.29) is 18.2 Å². The van der Waals surface area contributed by atoms with Gasteiger partial charge >= 0.3 is 5.97 Å². The zero-order chi connectivity index (χ0) is 11.4. The first-order valence-corrected chi connectivity index (χ1v) is 6.09. The lowest BCUT2D eigenvalue weighted by Gasteiger charge is -2.07. The zero-order valence-electron chi connectivity index (χ0n) is 8.02. The molecule has 0 aliphatic carbocycles. The summed E-state index contributed by atoms with van der Waals surface area (Å²) < 4.78 is 18.2. The van der Waals surface area contributed by atoms with Crippen molar-refractivity contribution in [2.75, 3.05) is 7.11 Å². The summed E-state index contributed by atoms with van der Waals surface area (Å²) in [4.78, 5) is 11.1. The summed E-state index contributed by atoms with van der Waals surface area (Å²) in [6.45, 7) is 0. The Morgan fingerprint density at radius 3 is 2.67 bits per heavy atom. The highest BCUT2D eigenvalue weighted by Gasteiger charge is 2.11. The fourth-order valence-corrected chi connectivity index (χ4v) is 2.06. The summed E-state index contributed by atoms with van der Waals surface area (Å²) in [5.74, 6) is -0.752. The van der Waals surface area contributed by atoms with Gasteiger partial charge in [-0.1, -0.05) is 15.9 Å². The van der Waals surface area contributed by atoms with Crippen molar-refractivity contribution in [1.82, 2.24) is 0 Å². The molecule has 0 heterocycles. The Morgan fingerprint density at radius 1 is 1.47 bits per heavy atom. The van der Waals surface area contributed by atoms with E-state index in [9.17, 15) is 9.18 Å². The van der Waals surface area contributed by atoms with Crippen LogP contribution in [0.25, 0.3) is 0 Å². The molecular weight excluding hydrogens is 331 g/mol. The van der Waals surface area contributed by atoms with Gasteiger partial charge in [0.15, 0.2) is 0 Å². The maximum Gasteiger partial charge on any atom is 0.309 e. The van der Waals surface area contributed by atoms with E-state index in [4.69, 9.17) is 0 Å². The SMILES string of the molecule is COC(=O)Cc1cc(F)c(Br)cc1CBr. The van der Waals surface area contributed by atoms with E-state index in [0.29, 0.717) is 15.4 Å². The summed E-state index contributed by atoms with van der Waals surface area (Å²) in [6, 6.07) is 3.00. The molecule has 0 saturated heterocycles. The number of halogens is 3. The fourth-order valence-electron chi connectivity index (χ4n) is 1.15. The molecule has 0 N–H and O–H groups in total. The number of carbonyl (C=O) groups excluding carboxylic acids is 1. The summed E-state index contributed by atoms with van der Waals surface area (Å²) in [6.07, 6.45) is 0.0850. The normalized spacial score (nSPS) is 10.1. The minimum absolute atomic E-state index is 0.0850. The fraction of sp³-hybridized carbons (Fsp3) is 0.300. The van der Waals surface area contributed by atoms with E-state index in [1.807, 2.05) is 0 Å². The molecule has 0 aromatic heterocycles. The second kappa shape index (κ2) is 5.61. The molecule has 5 heteroatoms. The second-order valence-electron chi connectivity index (χ2n) is 2.92. The van der Waals surface area contributed by atoms with E-state index in [2.05, 4.69) is 36.6 Å². The number of benzene rings is 1. The predicted octanol–water partition coefficient (Wildman–Crippen LogP) is 3.20. The van der Waals surface area contributed by atoms with Crippen LogP contribution in [0, 0.1) is 5.82 Å². The molecule has 1 aromatic carbocycles. The van der Waals surface area contributed by atoms with Crippen LogP contribution in [-0.4, -0.2) is 13.1 Å². The third-order valence-corrected chi connectivity index (χ3v) is 3.16. The Morgan fingerprint density at radius 2 is 2.13 bits per heavy atom. The van der Waals surface area contributed by atoms with Crippen LogP contribution in [0.3, 0.4) is 0 Å². The Balaban J connectivity index is 3.05. The van der Waals surface area contributed by atoms with Gasteiger partial charge in [-0.3, -0.25) is 4.79 Å². The van der Waals surface area contributed by atoms with Crippen molar-refractivity contribution in [2.24, 2.45) is 0 Å². The van der Waals surface area contributed by atoms with Crippen LogP contribution in [0.4, 0.5) is 4.39 Å². The number of alkyl halides is 1. The van der Waals surface area contributed by atoms with Crippen molar-refractivity contribution in [3.63, 3.8) is 0 Å². The first kappa shape index (κ1) is 12.6. The van der Waals surface area contributed by atoms with E-state index >= 15 is 0 Å². The van der Waals surface area contributed by atoms with Crippen molar-refractivity contribution < 1.29 is 13.9 Å². The third kappa shape index (κ3) is 3.28. The number of hydrogen-bond donors (Lipinski definition) is 0. The number of methoxy groups -OCH3 is 1. The number of ether oxygens (including phenoxy) is 1. The van der Waals surface area contributed by atoms with E-state index in [1.165, 1.54) is 13.2 Å². The molecule has 15 heavy (non-hydrogen) atoms. The Kier molecular flexibility index (Phi) is 4.73. The monoisotopic (exact) mass is 338 g/mol. The number of carbonyl (C=O) groups is 1. The van der Waals surface area contributed by atoms with Gasteiger partial charge in [0, 0.05) is 5.33 Å². The summed E-state index contributed by atoms with van der Waals surface area (Å²) in [5.41, 5.74) is 1.51. The highest BCUT2D eigenvalue weighted by atomic mass is 79.9. The van der Waals surface area contributed by atoms with Crippen LogP contribution in [-0.2, 0) is 21.3 Å². The molecule has 0 bridgehead atoms. The van der Waals surface area contributed by atoms with Crippen LogP contribution >= 0.6 is 31.9 Å². The van der Waals surface area contributed by atoms with Crippen molar-refractivity contribution >= 4 is 37.8 Å². The van der Waals surface area contributed by atoms with Crippen LogP contribution in [0.15, 0.2) is 16.6 Å². The maximum atomic E-state index is 13.2. The molecule has 0 radical (unpaired) electrons. The number of rotatable bonds is 3. The first-order chi connectivity index (χ1) is 7.08. The first-order valence-electron chi connectivity index (χ1n) is 4.18. The lowest BCUT2D eigenvalue weighted by atomic mass is 10.1. The molecule has 1 rings (SSSR count). The lowest BCUT2D eigenvalue weighted by molar-refractivity contribution is -0.139. The summed E-state index contributed by atoms with van der Waals surface area (Å²) in [7, 11) is 1.31. The number of esters is 1. The third-order valence-electron chi connectivity index (χ3n) is 1.95. The summed E-state index contributed by atoms with van der Waals surface area (Å²) in [5, 5.41) is 0.568. The minimum Gasteiger partial charge on any atom is -0.469 e.